The van der Waals surface area contributed by atoms with E-state index in [-0.39, 0.29) is 42.2 Å². The Morgan fingerprint density at radius 2 is 1.77 bits per heavy atom. The van der Waals surface area contributed by atoms with E-state index in [1.807, 2.05) is 16.8 Å². The largest absolute Gasteiger partial charge is 0.489 e. The van der Waals surface area contributed by atoms with E-state index < -0.39 is 24.5 Å². The number of benzene rings is 2. The molecule has 53 heavy (non-hydrogen) atoms. The maximum absolute atomic E-state index is 13.6. The Bertz CT molecular complexity index is 1870. The lowest BCUT2D eigenvalue weighted by Gasteiger charge is -2.44. The minimum atomic E-state index is -3.03. The number of carbonyl (C=O) groups excluding carboxylic acids is 2. The molecule has 4 aromatic rings. The fraction of sp³-hybridized carbons (Fsp3) is 0.410. The number of rotatable bonds is 16. The minimum absolute atomic E-state index is 0.0853. The van der Waals surface area contributed by atoms with E-state index in [0.29, 0.717) is 45.3 Å². The Labute approximate surface area is 320 Å². The van der Waals surface area contributed by atoms with Gasteiger partial charge in [0.2, 0.25) is 0 Å². The quantitative estimate of drug-likeness (QED) is 0.112. The normalized spacial score (nSPS) is 20.4. The van der Waals surface area contributed by atoms with Gasteiger partial charge in [0.05, 0.1) is 28.8 Å². The second-order valence-corrected chi connectivity index (χ2v) is 15.3. The molecule has 0 radical (unpaired) electrons. The average Bonchev–Trinajstić information content (AvgIpc) is 3.83. The van der Waals surface area contributed by atoms with Gasteiger partial charge in [-0.25, -0.2) is 9.59 Å². The van der Waals surface area contributed by atoms with Crippen LogP contribution in [0.4, 0.5) is 14.5 Å². The molecule has 5 heterocycles. The second-order valence-electron chi connectivity index (χ2n) is 13.7. The molecule has 9 nitrogen and oxygen atoms in total. The zero-order valence-corrected chi connectivity index (χ0v) is 31.1. The summed E-state index contributed by atoms with van der Waals surface area (Å²) in [5.41, 5.74) is 2.81. The molecule has 1 aliphatic carbocycles. The molecule has 3 atom stereocenters. The highest BCUT2D eigenvalue weighted by Crippen LogP contribution is 2.38. The zero-order chi connectivity index (χ0) is 36.9. The van der Waals surface area contributed by atoms with Gasteiger partial charge in [-0.1, -0.05) is 35.3 Å². The summed E-state index contributed by atoms with van der Waals surface area (Å²) < 4.78 is 49.2. The smallest absolute Gasteiger partial charge is 0.387 e. The van der Waals surface area contributed by atoms with Crippen molar-refractivity contribution in [2.45, 2.75) is 56.8 Å². The number of carbonyl (C=O) groups is 2. The molecule has 1 unspecified atom stereocenters. The van der Waals surface area contributed by atoms with Gasteiger partial charge in [-0.2, -0.15) is 20.1 Å². The van der Waals surface area contributed by atoms with Crippen LogP contribution in [-0.2, 0) is 20.7 Å². The van der Waals surface area contributed by atoms with Gasteiger partial charge in [-0.15, -0.1) is 0 Å². The topological polar surface area (TPSA) is 99.2 Å². The van der Waals surface area contributed by atoms with Crippen molar-refractivity contribution in [2.75, 3.05) is 38.2 Å². The van der Waals surface area contributed by atoms with Crippen LogP contribution in [-0.4, -0.2) is 67.4 Å². The number of alkyl halides is 2. The predicted octanol–water partition coefficient (Wildman–Crippen LogP) is 8.81. The highest BCUT2D eigenvalue weighted by atomic mass is 35.5. The van der Waals surface area contributed by atoms with Crippen LogP contribution in [0.3, 0.4) is 0 Å². The SMILES string of the molecule is O=C(OC[C@@H](Cc1c(Cl)cncc1Cl)c1ccc(OC(F)F)c(OCC2CC2)c1)c1cccc(NC(C(=O)O[C@H]2CN3CCC2CC3)c2ccsc2)c1. The minimum Gasteiger partial charge on any atom is -0.489 e. The monoisotopic (exact) mass is 785 g/mol. The Morgan fingerprint density at radius 1 is 0.981 bits per heavy atom. The summed E-state index contributed by atoms with van der Waals surface area (Å²) in [5, 5.41) is 7.78. The van der Waals surface area contributed by atoms with E-state index in [1.54, 1.807) is 36.4 Å². The lowest BCUT2D eigenvalue weighted by molar-refractivity contribution is -0.159. The van der Waals surface area contributed by atoms with Crippen LogP contribution in [0.25, 0.3) is 0 Å². The van der Waals surface area contributed by atoms with Crippen molar-refractivity contribution in [1.82, 2.24) is 9.88 Å². The van der Waals surface area contributed by atoms with Crippen LogP contribution in [0.5, 0.6) is 11.5 Å². The summed E-state index contributed by atoms with van der Waals surface area (Å²) >= 11 is 14.5. The molecule has 2 bridgehead atoms. The standard InChI is InChI=1S/C39H39Cl2F2N3O6S/c40-31-17-44-18-32(41)30(31)15-28(25-6-7-33(52-39(42)43)34(16-25)49-20-23-4-5-23)21-50-37(47)26-2-1-3-29(14-26)45-36(27-10-13-53-22-27)38(48)51-35-19-46-11-8-24(35)9-12-46/h1-3,6-7,10,13-14,16-18,22-24,28,35-36,39,45H,4-5,8-9,11-12,15,19-21H2/t28-,35+,36?/m1/s1. The molecule has 14 heteroatoms. The zero-order valence-electron chi connectivity index (χ0n) is 28.7. The van der Waals surface area contributed by atoms with E-state index in [0.717, 1.165) is 50.9 Å². The van der Waals surface area contributed by atoms with Crippen molar-refractivity contribution < 1.29 is 37.3 Å². The van der Waals surface area contributed by atoms with Crippen molar-refractivity contribution in [1.29, 1.82) is 0 Å². The van der Waals surface area contributed by atoms with Gasteiger partial charge in [0, 0.05) is 30.5 Å². The second kappa shape index (κ2) is 17.0. The maximum Gasteiger partial charge on any atom is 0.387 e. The summed E-state index contributed by atoms with van der Waals surface area (Å²) in [5.74, 6) is -0.657. The molecule has 0 spiro atoms. The molecular formula is C39H39Cl2F2N3O6S. The first-order valence-corrected chi connectivity index (χ1v) is 19.4. The number of hydrogen-bond acceptors (Lipinski definition) is 10. The van der Waals surface area contributed by atoms with Gasteiger partial charge >= 0.3 is 18.6 Å². The predicted molar refractivity (Wildman–Crippen MR) is 198 cm³/mol. The van der Waals surface area contributed by atoms with Gasteiger partial charge in [-0.05, 0) is 121 Å². The third-order valence-electron chi connectivity index (χ3n) is 10.0. The van der Waals surface area contributed by atoms with Gasteiger partial charge in [-0.3, -0.25) is 9.88 Å². The van der Waals surface area contributed by atoms with Crippen molar-refractivity contribution >= 4 is 52.2 Å². The number of fused-ring (bicyclic) bond motifs is 3. The van der Waals surface area contributed by atoms with Gasteiger partial charge in [0.25, 0.3) is 0 Å². The van der Waals surface area contributed by atoms with Crippen LogP contribution in [0.15, 0.2) is 71.7 Å². The number of nitrogens with one attached hydrogen (secondary N) is 1. The number of thiophene rings is 1. The van der Waals surface area contributed by atoms with E-state index in [4.69, 9.17) is 42.1 Å². The van der Waals surface area contributed by atoms with Crippen LogP contribution in [0, 0.1) is 11.8 Å². The highest BCUT2D eigenvalue weighted by Gasteiger charge is 2.38. The first kappa shape index (κ1) is 37.3. The molecule has 0 amide bonds. The van der Waals surface area contributed by atoms with Crippen LogP contribution >= 0.6 is 34.5 Å². The van der Waals surface area contributed by atoms with E-state index >= 15 is 0 Å². The number of esters is 2. The summed E-state index contributed by atoms with van der Waals surface area (Å²) in [7, 11) is 0. The van der Waals surface area contributed by atoms with Crippen LogP contribution < -0.4 is 14.8 Å². The third kappa shape index (κ3) is 9.59. The van der Waals surface area contributed by atoms with E-state index in [1.165, 1.54) is 29.8 Å². The first-order chi connectivity index (χ1) is 25.7. The lowest BCUT2D eigenvalue weighted by atomic mass is 9.86. The lowest BCUT2D eigenvalue weighted by Crippen LogP contribution is -2.52. The molecule has 2 aromatic heterocycles. The summed E-state index contributed by atoms with van der Waals surface area (Å²) in [4.78, 5) is 33.6. The van der Waals surface area contributed by atoms with E-state index in [2.05, 4.69) is 15.2 Å². The van der Waals surface area contributed by atoms with E-state index in [9.17, 15) is 18.4 Å². The maximum atomic E-state index is 13.6. The number of anilines is 1. The first-order valence-electron chi connectivity index (χ1n) is 17.7. The summed E-state index contributed by atoms with van der Waals surface area (Å²) in [6.45, 7) is 0.0658. The van der Waals surface area contributed by atoms with Crippen molar-refractivity contribution in [3.63, 3.8) is 0 Å². The number of ether oxygens (including phenoxy) is 4. The number of piperidine rings is 3. The van der Waals surface area contributed by atoms with Crippen molar-refractivity contribution in [2.24, 2.45) is 11.8 Å². The molecule has 1 N–H and O–H groups in total. The number of aromatic nitrogens is 1. The third-order valence-corrected chi connectivity index (χ3v) is 11.4. The molecule has 2 aromatic carbocycles. The van der Waals surface area contributed by atoms with Crippen molar-refractivity contribution in [3.8, 4) is 11.5 Å². The molecule has 8 rings (SSSR count). The van der Waals surface area contributed by atoms with Gasteiger partial charge in [0.1, 0.15) is 6.10 Å². The summed E-state index contributed by atoms with van der Waals surface area (Å²) in [6.07, 6.45) is 7.12. The fourth-order valence-corrected chi connectivity index (χ4v) is 8.08. The van der Waals surface area contributed by atoms with Crippen molar-refractivity contribution in [3.05, 3.63) is 104 Å². The van der Waals surface area contributed by atoms with Crippen LogP contribution in [0.2, 0.25) is 10.0 Å². The molecular weight excluding hydrogens is 747 g/mol. The Hall–Kier alpha value is -3.97. The fourth-order valence-electron chi connectivity index (χ4n) is 6.87. The molecule has 4 aliphatic rings. The Kier molecular flexibility index (Phi) is 12.0. The van der Waals surface area contributed by atoms with Gasteiger partial charge in [0.15, 0.2) is 17.5 Å². The molecule has 3 aliphatic heterocycles. The number of halogens is 4. The Balaban J connectivity index is 1.08. The molecule has 4 fully saturated rings. The Morgan fingerprint density at radius 3 is 2.45 bits per heavy atom. The molecule has 1 saturated carbocycles. The van der Waals surface area contributed by atoms with Crippen LogP contribution in [0.1, 0.15) is 64.7 Å². The number of hydrogen-bond donors (Lipinski definition) is 1. The molecule has 280 valence electrons. The molecule has 3 saturated heterocycles. The average molecular weight is 787 g/mol. The highest BCUT2D eigenvalue weighted by molar-refractivity contribution is 7.08. The number of nitrogens with zero attached hydrogens (tertiary/aromatic N) is 2. The van der Waals surface area contributed by atoms with Gasteiger partial charge < -0.3 is 24.3 Å². The summed E-state index contributed by atoms with van der Waals surface area (Å²) in [6, 6.07) is 12.6. The number of pyridine rings is 1.